The van der Waals surface area contributed by atoms with Gasteiger partial charge < -0.3 is 15.7 Å². The summed E-state index contributed by atoms with van der Waals surface area (Å²) in [6, 6.07) is 4.74. The van der Waals surface area contributed by atoms with Gasteiger partial charge in [-0.3, -0.25) is 0 Å². The fraction of sp³-hybridized carbons (Fsp3) is 0.385. The van der Waals surface area contributed by atoms with E-state index in [1.807, 2.05) is 6.92 Å². The zero-order valence-electron chi connectivity index (χ0n) is 10.1. The van der Waals surface area contributed by atoms with Gasteiger partial charge in [0.1, 0.15) is 5.82 Å². The number of hydrogen-bond donors (Lipinski definition) is 2. The molecule has 0 fully saturated rings. The van der Waals surface area contributed by atoms with Gasteiger partial charge >= 0.3 is 0 Å². The zero-order valence-corrected chi connectivity index (χ0v) is 10.1. The third-order valence-electron chi connectivity index (χ3n) is 2.56. The van der Waals surface area contributed by atoms with Crippen molar-refractivity contribution >= 4 is 5.69 Å². The summed E-state index contributed by atoms with van der Waals surface area (Å²) in [4.78, 5) is 1.73. The average Bonchev–Trinajstić information content (AvgIpc) is 2.28. The Hall–Kier alpha value is -1.39. The molecule has 1 aromatic carbocycles. The molecule has 0 saturated heterocycles. The third kappa shape index (κ3) is 3.54. The molecule has 1 aromatic rings. The molecule has 0 aromatic heterocycles. The highest BCUT2D eigenvalue weighted by Crippen LogP contribution is 2.22. The summed E-state index contributed by atoms with van der Waals surface area (Å²) in [7, 11) is 0. The van der Waals surface area contributed by atoms with Crippen LogP contribution >= 0.6 is 0 Å². The molecule has 0 heterocycles. The second kappa shape index (κ2) is 6.37. The first-order valence-corrected chi connectivity index (χ1v) is 5.62. The van der Waals surface area contributed by atoms with Crippen molar-refractivity contribution in [2.24, 2.45) is 5.73 Å². The lowest BCUT2D eigenvalue weighted by Gasteiger charge is -2.23. The van der Waals surface area contributed by atoms with Crippen LogP contribution in [0.1, 0.15) is 18.5 Å². The molecular weight excluding hydrogens is 219 g/mol. The number of nitrogens with two attached hydrogens (primary N) is 1. The molecule has 1 unspecified atom stereocenters. The summed E-state index contributed by atoms with van der Waals surface area (Å²) in [5, 5.41) is 8.94. The Bertz CT molecular complexity index is 380. The molecule has 3 nitrogen and oxygen atoms in total. The highest BCUT2D eigenvalue weighted by molar-refractivity contribution is 5.50. The van der Waals surface area contributed by atoms with E-state index < -0.39 is 0 Å². The topological polar surface area (TPSA) is 49.5 Å². The van der Waals surface area contributed by atoms with E-state index in [1.54, 1.807) is 23.1 Å². The van der Waals surface area contributed by atoms with Gasteiger partial charge in [-0.25, -0.2) is 4.39 Å². The fourth-order valence-electron chi connectivity index (χ4n) is 1.65. The number of rotatable bonds is 6. The average molecular weight is 238 g/mol. The van der Waals surface area contributed by atoms with E-state index in [-0.39, 0.29) is 18.5 Å². The van der Waals surface area contributed by atoms with Crippen LogP contribution in [0.25, 0.3) is 0 Å². The molecule has 4 heteroatoms. The zero-order chi connectivity index (χ0) is 12.8. The summed E-state index contributed by atoms with van der Waals surface area (Å²) in [5.41, 5.74) is 6.91. The highest BCUT2D eigenvalue weighted by Gasteiger charge is 2.11. The van der Waals surface area contributed by atoms with Crippen LogP contribution in [0.4, 0.5) is 10.1 Å². The molecule has 0 aliphatic heterocycles. The van der Waals surface area contributed by atoms with Gasteiger partial charge in [0.25, 0.3) is 0 Å². The summed E-state index contributed by atoms with van der Waals surface area (Å²) < 4.78 is 13.9. The number of halogens is 1. The van der Waals surface area contributed by atoms with E-state index in [9.17, 15) is 4.39 Å². The molecule has 17 heavy (non-hydrogen) atoms. The minimum Gasteiger partial charge on any atom is -0.395 e. The van der Waals surface area contributed by atoms with Crippen molar-refractivity contribution in [3.63, 3.8) is 0 Å². The second-order valence-corrected chi connectivity index (χ2v) is 3.96. The quantitative estimate of drug-likeness (QED) is 0.743. The lowest BCUT2D eigenvalue weighted by atomic mass is 10.1. The maximum atomic E-state index is 13.9. The first-order valence-electron chi connectivity index (χ1n) is 5.62. The predicted molar refractivity (Wildman–Crippen MR) is 68.5 cm³/mol. The lowest BCUT2D eigenvalue weighted by Crippen LogP contribution is -2.27. The Morgan fingerprint density at radius 1 is 1.59 bits per heavy atom. The Morgan fingerprint density at radius 3 is 2.76 bits per heavy atom. The first kappa shape index (κ1) is 13.7. The van der Waals surface area contributed by atoms with Crippen LogP contribution in [0, 0.1) is 5.82 Å². The Morgan fingerprint density at radius 2 is 2.29 bits per heavy atom. The number of anilines is 1. The molecule has 0 spiro atoms. The van der Waals surface area contributed by atoms with Crippen LogP contribution in [0.15, 0.2) is 30.9 Å². The first-order chi connectivity index (χ1) is 8.10. The van der Waals surface area contributed by atoms with E-state index in [0.29, 0.717) is 18.8 Å². The molecule has 0 radical (unpaired) electrons. The van der Waals surface area contributed by atoms with Crippen LogP contribution in [0.2, 0.25) is 0 Å². The van der Waals surface area contributed by atoms with Crippen LogP contribution < -0.4 is 10.6 Å². The van der Waals surface area contributed by atoms with E-state index >= 15 is 0 Å². The molecule has 94 valence electrons. The maximum absolute atomic E-state index is 13.9. The van der Waals surface area contributed by atoms with Crippen molar-refractivity contribution in [1.82, 2.24) is 0 Å². The van der Waals surface area contributed by atoms with Gasteiger partial charge in [-0.1, -0.05) is 12.1 Å². The van der Waals surface area contributed by atoms with Gasteiger partial charge in [0.2, 0.25) is 0 Å². The van der Waals surface area contributed by atoms with Crippen molar-refractivity contribution in [2.75, 3.05) is 24.6 Å². The molecule has 0 bridgehead atoms. The van der Waals surface area contributed by atoms with Crippen LogP contribution in [0.5, 0.6) is 0 Å². The minimum absolute atomic E-state index is 0.0255. The van der Waals surface area contributed by atoms with E-state index in [1.165, 1.54) is 6.07 Å². The van der Waals surface area contributed by atoms with Crippen molar-refractivity contribution < 1.29 is 9.50 Å². The lowest BCUT2D eigenvalue weighted by molar-refractivity contribution is 0.302. The SMILES string of the molecule is C=CCN(CCO)c1ccc(C(C)N)cc1F. The van der Waals surface area contributed by atoms with Crippen molar-refractivity contribution in [2.45, 2.75) is 13.0 Å². The predicted octanol–water partition coefficient (Wildman–Crippen LogP) is 1.83. The molecule has 0 aliphatic carbocycles. The molecule has 3 N–H and O–H groups in total. The van der Waals surface area contributed by atoms with Crippen LogP contribution in [-0.2, 0) is 0 Å². The monoisotopic (exact) mass is 238 g/mol. The van der Waals surface area contributed by atoms with E-state index in [4.69, 9.17) is 10.8 Å². The Labute approximate surface area is 101 Å². The summed E-state index contributed by atoms with van der Waals surface area (Å²) in [6.45, 7) is 6.27. The highest BCUT2D eigenvalue weighted by atomic mass is 19.1. The number of hydrogen-bond acceptors (Lipinski definition) is 3. The van der Waals surface area contributed by atoms with Gasteiger partial charge in [0, 0.05) is 19.1 Å². The standard InChI is InChI=1S/C13H19FN2O/c1-3-6-16(7-8-17)13-5-4-11(10(2)15)9-12(13)14/h3-5,9-10,17H,1,6-8,15H2,2H3. The second-order valence-electron chi connectivity index (χ2n) is 3.96. The molecular formula is C13H19FN2O. The van der Waals surface area contributed by atoms with Crippen LogP contribution in [0.3, 0.4) is 0 Å². The van der Waals surface area contributed by atoms with E-state index in [2.05, 4.69) is 6.58 Å². The summed E-state index contributed by atoms with van der Waals surface area (Å²) >= 11 is 0. The third-order valence-corrected chi connectivity index (χ3v) is 2.56. The van der Waals surface area contributed by atoms with Gasteiger partial charge in [0.05, 0.1) is 12.3 Å². The number of aliphatic hydroxyl groups is 1. The Balaban J connectivity index is 2.99. The largest absolute Gasteiger partial charge is 0.395 e. The Kier molecular flexibility index (Phi) is 5.12. The number of benzene rings is 1. The normalized spacial score (nSPS) is 12.2. The number of aliphatic hydroxyl groups excluding tert-OH is 1. The van der Waals surface area contributed by atoms with Gasteiger partial charge in [-0.15, -0.1) is 6.58 Å². The minimum atomic E-state index is -0.324. The molecule has 1 rings (SSSR count). The van der Waals surface area contributed by atoms with Crippen LogP contribution in [-0.4, -0.2) is 24.8 Å². The summed E-state index contributed by atoms with van der Waals surface area (Å²) in [5.74, 6) is -0.324. The molecule has 0 saturated carbocycles. The summed E-state index contributed by atoms with van der Waals surface area (Å²) in [6.07, 6.45) is 1.68. The van der Waals surface area contributed by atoms with E-state index in [0.717, 1.165) is 5.56 Å². The van der Waals surface area contributed by atoms with Crippen molar-refractivity contribution in [3.05, 3.63) is 42.2 Å². The fourth-order valence-corrected chi connectivity index (χ4v) is 1.65. The molecule has 1 atom stereocenters. The van der Waals surface area contributed by atoms with Gasteiger partial charge in [-0.05, 0) is 24.6 Å². The molecule has 0 amide bonds. The molecule has 0 aliphatic rings. The van der Waals surface area contributed by atoms with Gasteiger partial charge in [-0.2, -0.15) is 0 Å². The van der Waals surface area contributed by atoms with Crippen molar-refractivity contribution in [1.29, 1.82) is 0 Å². The maximum Gasteiger partial charge on any atom is 0.146 e. The number of nitrogens with zero attached hydrogens (tertiary/aromatic N) is 1. The smallest absolute Gasteiger partial charge is 0.146 e. The van der Waals surface area contributed by atoms with Crippen molar-refractivity contribution in [3.8, 4) is 0 Å². The van der Waals surface area contributed by atoms with Gasteiger partial charge in [0.15, 0.2) is 0 Å².